The smallest absolute Gasteiger partial charge is 0.309 e. The first kappa shape index (κ1) is 16.3. The summed E-state index contributed by atoms with van der Waals surface area (Å²) in [6.45, 7) is 2.37. The van der Waals surface area contributed by atoms with Crippen molar-refractivity contribution in [1.29, 1.82) is 0 Å². The van der Waals surface area contributed by atoms with Gasteiger partial charge in [0, 0.05) is 36.5 Å². The van der Waals surface area contributed by atoms with Gasteiger partial charge in [-0.05, 0) is 37.3 Å². The summed E-state index contributed by atoms with van der Waals surface area (Å²) in [6, 6.07) is 10.7. The predicted octanol–water partition coefficient (Wildman–Crippen LogP) is 2.21. The van der Waals surface area contributed by atoms with Crippen LogP contribution in [0.25, 0.3) is 11.0 Å². The Labute approximate surface area is 149 Å². The first-order valence-electron chi connectivity index (χ1n) is 8.42. The van der Waals surface area contributed by atoms with Crippen LogP contribution < -0.4 is 0 Å². The van der Waals surface area contributed by atoms with Gasteiger partial charge in [-0.15, -0.1) is 0 Å². The number of nitrogens with zero attached hydrogens (tertiary/aromatic N) is 3. The number of fused-ring (bicyclic) bond motifs is 1. The molecule has 0 radical (unpaired) electrons. The second-order valence-corrected chi connectivity index (χ2v) is 6.57. The number of imidazole rings is 1. The van der Waals surface area contributed by atoms with E-state index in [1.54, 1.807) is 35.4 Å². The lowest BCUT2D eigenvalue weighted by Gasteiger charge is -2.16. The Hall–Kier alpha value is -3.22. The maximum absolute atomic E-state index is 12.9. The van der Waals surface area contributed by atoms with Crippen LogP contribution in [0.1, 0.15) is 27.8 Å². The normalized spacial score (nSPS) is 19.8. The molecule has 1 aliphatic heterocycles. The number of carbonyl (C=O) groups excluding carboxylic acids is 1. The first-order chi connectivity index (χ1) is 12.5. The summed E-state index contributed by atoms with van der Waals surface area (Å²) in [5.74, 6) is -1.27. The highest BCUT2D eigenvalue weighted by Gasteiger charge is 2.41. The largest absolute Gasteiger partial charge is 0.481 e. The lowest BCUT2D eigenvalue weighted by Crippen LogP contribution is -2.29. The minimum absolute atomic E-state index is 0.176. The molecule has 0 spiro atoms. The minimum Gasteiger partial charge on any atom is -0.481 e. The number of H-pyrrole nitrogens is 1. The number of aromatic amines is 1. The molecule has 1 fully saturated rings. The van der Waals surface area contributed by atoms with E-state index in [-0.39, 0.29) is 18.4 Å². The molecule has 3 aromatic rings. The van der Waals surface area contributed by atoms with E-state index in [2.05, 4.69) is 15.0 Å². The van der Waals surface area contributed by atoms with E-state index in [0.29, 0.717) is 17.8 Å². The summed E-state index contributed by atoms with van der Waals surface area (Å²) in [6.07, 6.45) is 1.65. The molecule has 0 unspecified atom stereocenters. The molecule has 1 saturated heterocycles. The fourth-order valence-corrected chi connectivity index (χ4v) is 3.57. The number of benzene rings is 1. The quantitative estimate of drug-likeness (QED) is 0.754. The molecule has 4 rings (SSSR count). The highest BCUT2D eigenvalue weighted by molar-refractivity contribution is 5.98. The fraction of sp³-hybridized carbons (Fsp3) is 0.263. The topological polar surface area (TPSA) is 99.2 Å². The molecular formula is C19H18N4O3. The summed E-state index contributed by atoms with van der Waals surface area (Å²) in [4.78, 5) is 37.9. The average Bonchev–Trinajstić information content (AvgIpc) is 3.24. The van der Waals surface area contributed by atoms with Crippen molar-refractivity contribution in [1.82, 2.24) is 19.9 Å². The monoisotopic (exact) mass is 350 g/mol. The van der Waals surface area contributed by atoms with Crippen LogP contribution in [0.5, 0.6) is 0 Å². The number of carboxylic acid groups (broad SMARTS) is 1. The van der Waals surface area contributed by atoms with Gasteiger partial charge in [-0.2, -0.15) is 0 Å². The molecule has 0 saturated carbocycles. The van der Waals surface area contributed by atoms with Crippen molar-refractivity contribution in [3.63, 3.8) is 0 Å². The number of aromatic nitrogens is 3. The van der Waals surface area contributed by atoms with Crippen LogP contribution in [-0.2, 0) is 4.79 Å². The van der Waals surface area contributed by atoms with Crippen LogP contribution in [0.4, 0.5) is 0 Å². The second-order valence-electron chi connectivity index (χ2n) is 6.57. The molecular weight excluding hydrogens is 332 g/mol. The summed E-state index contributed by atoms with van der Waals surface area (Å²) in [7, 11) is 0. The van der Waals surface area contributed by atoms with E-state index in [1.165, 1.54) is 0 Å². The van der Waals surface area contributed by atoms with Crippen molar-refractivity contribution in [2.75, 3.05) is 13.1 Å². The van der Waals surface area contributed by atoms with Gasteiger partial charge in [0.15, 0.2) is 0 Å². The summed E-state index contributed by atoms with van der Waals surface area (Å²) in [5.41, 5.74) is 2.82. The van der Waals surface area contributed by atoms with E-state index in [9.17, 15) is 14.7 Å². The van der Waals surface area contributed by atoms with Crippen LogP contribution in [0.2, 0.25) is 0 Å². The van der Waals surface area contributed by atoms with E-state index >= 15 is 0 Å². The highest BCUT2D eigenvalue weighted by Crippen LogP contribution is 2.32. The molecule has 132 valence electrons. The molecule has 1 amide bonds. The number of nitrogens with one attached hydrogen (secondary N) is 1. The third-order valence-corrected chi connectivity index (χ3v) is 4.84. The number of carboxylic acids is 1. The van der Waals surface area contributed by atoms with Crippen LogP contribution in [0.3, 0.4) is 0 Å². The Morgan fingerprint density at radius 1 is 1.23 bits per heavy atom. The van der Waals surface area contributed by atoms with Gasteiger partial charge in [-0.25, -0.2) is 4.98 Å². The third kappa shape index (κ3) is 2.81. The van der Waals surface area contributed by atoms with Gasteiger partial charge < -0.3 is 15.0 Å². The first-order valence-corrected chi connectivity index (χ1v) is 8.42. The van der Waals surface area contributed by atoms with Crippen molar-refractivity contribution in [3.8, 4) is 0 Å². The number of hydrogen-bond acceptors (Lipinski definition) is 4. The number of pyridine rings is 1. The number of carbonyl (C=O) groups is 2. The lowest BCUT2D eigenvalue weighted by atomic mass is 9.93. The van der Waals surface area contributed by atoms with Gasteiger partial charge in [0.1, 0.15) is 5.82 Å². The standard InChI is InChI=1S/C19H18N4O3/c1-11-21-16-6-5-12(8-17(16)22-11)18(24)23-9-13(14(10-23)19(25)26)15-4-2-3-7-20-15/h2-8,13-14H,9-10H2,1H3,(H,21,22)(H,25,26)/t13-,14-/m0/s1. The van der Waals surface area contributed by atoms with Crippen molar-refractivity contribution in [2.24, 2.45) is 5.92 Å². The third-order valence-electron chi connectivity index (χ3n) is 4.84. The van der Waals surface area contributed by atoms with E-state index in [4.69, 9.17) is 0 Å². The van der Waals surface area contributed by atoms with Crippen LogP contribution in [0.15, 0.2) is 42.6 Å². The van der Waals surface area contributed by atoms with Crippen LogP contribution in [-0.4, -0.2) is 49.9 Å². The molecule has 3 heterocycles. The predicted molar refractivity (Wildman–Crippen MR) is 94.8 cm³/mol. The minimum atomic E-state index is -0.907. The molecule has 0 bridgehead atoms. The zero-order valence-corrected chi connectivity index (χ0v) is 14.2. The molecule has 2 atom stereocenters. The van der Waals surface area contributed by atoms with E-state index in [1.807, 2.05) is 19.1 Å². The van der Waals surface area contributed by atoms with Gasteiger partial charge in [0.25, 0.3) is 5.91 Å². The molecule has 1 aromatic carbocycles. The number of aryl methyl sites for hydroxylation is 1. The van der Waals surface area contributed by atoms with Gasteiger partial charge >= 0.3 is 5.97 Å². The maximum atomic E-state index is 12.9. The number of hydrogen-bond donors (Lipinski definition) is 2. The van der Waals surface area contributed by atoms with Gasteiger partial charge in [0.05, 0.1) is 17.0 Å². The number of amides is 1. The Bertz CT molecular complexity index is 983. The zero-order valence-electron chi connectivity index (χ0n) is 14.2. The van der Waals surface area contributed by atoms with Crippen LogP contribution in [0, 0.1) is 12.8 Å². The Kier molecular flexibility index (Phi) is 3.91. The van der Waals surface area contributed by atoms with E-state index in [0.717, 1.165) is 16.9 Å². The number of likely N-dealkylation sites (tertiary alicyclic amines) is 1. The Morgan fingerprint density at radius 3 is 2.81 bits per heavy atom. The maximum Gasteiger partial charge on any atom is 0.309 e. The molecule has 7 nitrogen and oxygen atoms in total. The van der Waals surface area contributed by atoms with Crippen molar-refractivity contribution >= 4 is 22.9 Å². The average molecular weight is 350 g/mol. The molecule has 1 aliphatic rings. The highest BCUT2D eigenvalue weighted by atomic mass is 16.4. The van der Waals surface area contributed by atoms with Gasteiger partial charge in [0.2, 0.25) is 0 Å². The molecule has 0 aliphatic carbocycles. The fourth-order valence-electron chi connectivity index (χ4n) is 3.57. The van der Waals surface area contributed by atoms with Crippen LogP contribution >= 0.6 is 0 Å². The van der Waals surface area contributed by atoms with Crippen molar-refractivity contribution in [3.05, 3.63) is 59.7 Å². The Balaban J connectivity index is 1.62. The molecule has 26 heavy (non-hydrogen) atoms. The SMILES string of the molecule is Cc1nc2ccc(C(=O)N3C[C@H](C(=O)O)[C@@H](c4ccccn4)C3)cc2[nH]1. The zero-order chi connectivity index (χ0) is 18.3. The van der Waals surface area contributed by atoms with Gasteiger partial charge in [-0.1, -0.05) is 6.07 Å². The summed E-state index contributed by atoms with van der Waals surface area (Å²) >= 11 is 0. The second kappa shape index (κ2) is 6.25. The number of rotatable bonds is 3. The summed E-state index contributed by atoms with van der Waals surface area (Å²) in [5, 5.41) is 9.58. The lowest BCUT2D eigenvalue weighted by molar-refractivity contribution is -0.141. The number of aliphatic carboxylic acids is 1. The summed E-state index contributed by atoms with van der Waals surface area (Å²) < 4.78 is 0. The van der Waals surface area contributed by atoms with Gasteiger partial charge in [-0.3, -0.25) is 14.6 Å². The molecule has 7 heteroatoms. The van der Waals surface area contributed by atoms with Crippen molar-refractivity contribution in [2.45, 2.75) is 12.8 Å². The Morgan fingerprint density at radius 2 is 2.08 bits per heavy atom. The van der Waals surface area contributed by atoms with E-state index < -0.39 is 11.9 Å². The van der Waals surface area contributed by atoms with Crippen molar-refractivity contribution < 1.29 is 14.7 Å². The molecule has 2 N–H and O–H groups in total. The molecule has 2 aromatic heterocycles.